The summed E-state index contributed by atoms with van der Waals surface area (Å²) in [6.45, 7) is 3.28. The van der Waals surface area contributed by atoms with Crippen molar-refractivity contribution >= 4 is 0 Å². The van der Waals surface area contributed by atoms with E-state index in [2.05, 4.69) is 6.07 Å². The second-order valence-electron chi connectivity index (χ2n) is 2.53. The van der Waals surface area contributed by atoms with Crippen LogP contribution < -0.4 is 9.47 Å². The van der Waals surface area contributed by atoms with Gasteiger partial charge in [-0.1, -0.05) is 0 Å². The minimum atomic E-state index is 0.643. The summed E-state index contributed by atoms with van der Waals surface area (Å²) in [4.78, 5) is 0. The van der Waals surface area contributed by atoms with Gasteiger partial charge >= 0.3 is 0 Å². The van der Waals surface area contributed by atoms with Gasteiger partial charge in [0.05, 0.1) is 0 Å². The quantitative estimate of drug-likeness (QED) is 0.557. The molecule has 0 amide bonds. The highest BCUT2D eigenvalue weighted by molar-refractivity contribution is 5.46. The van der Waals surface area contributed by atoms with Gasteiger partial charge < -0.3 is 9.47 Å². The van der Waals surface area contributed by atoms with Gasteiger partial charge in [0.25, 0.3) is 0 Å². The van der Waals surface area contributed by atoms with Crippen molar-refractivity contribution in [3.63, 3.8) is 0 Å². The molecule has 0 saturated heterocycles. The first kappa shape index (κ1) is 6.53. The van der Waals surface area contributed by atoms with Crippen molar-refractivity contribution in [3.8, 4) is 11.5 Å². The molecule has 2 nitrogen and oxygen atoms in total. The molecule has 0 spiro atoms. The van der Waals surface area contributed by atoms with Crippen molar-refractivity contribution in [1.82, 2.24) is 0 Å². The Morgan fingerprint density at radius 1 is 1.27 bits per heavy atom. The van der Waals surface area contributed by atoms with Crippen LogP contribution >= 0.6 is 0 Å². The van der Waals surface area contributed by atoms with E-state index in [1.165, 1.54) is 0 Å². The van der Waals surface area contributed by atoms with Crippen molar-refractivity contribution in [3.05, 3.63) is 23.8 Å². The molecule has 1 aliphatic heterocycles. The lowest BCUT2D eigenvalue weighted by molar-refractivity contribution is 0.170. The average molecular weight is 149 g/mol. The number of hydrogen-bond acceptors (Lipinski definition) is 2. The maximum atomic E-state index is 5.41. The van der Waals surface area contributed by atoms with Crippen LogP contribution in [0.3, 0.4) is 0 Å². The molecule has 0 aromatic heterocycles. The molecule has 57 valence electrons. The molecular weight excluding hydrogens is 140 g/mol. The number of benzene rings is 1. The summed E-state index contributed by atoms with van der Waals surface area (Å²) in [6.07, 6.45) is 0. The largest absolute Gasteiger partial charge is 0.486 e. The first-order chi connectivity index (χ1) is 5.38. The van der Waals surface area contributed by atoms with E-state index in [1.54, 1.807) is 0 Å². The molecule has 2 heteroatoms. The molecule has 11 heavy (non-hydrogen) atoms. The number of fused-ring (bicyclic) bond motifs is 1. The Balaban J connectivity index is 2.49. The van der Waals surface area contributed by atoms with Crippen LogP contribution in [-0.4, -0.2) is 13.2 Å². The van der Waals surface area contributed by atoms with Gasteiger partial charge in [0.2, 0.25) is 0 Å². The zero-order chi connectivity index (χ0) is 7.68. The summed E-state index contributed by atoms with van der Waals surface area (Å²) in [5, 5.41) is 0. The molecule has 1 aliphatic rings. The fourth-order valence-electron chi connectivity index (χ4n) is 1.16. The normalized spacial score (nSPS) is 14.6. The molecule has 1 heterocycles. The van der Waals surface area contributed by atoms with Gasteiger partial charge in [-0.25, -0.2) is 0 Å². The van der Waals surface area contributed by atoms with Crippen LogP contribution in [0.4, 0.5) is 0 Å². The van der Waals surface area contributed by atoms with Crippen molar-refractivity contribution in [2.45, 2.75) is 6.92 Å². The lowest BCUT2D eigenvalue weighted by Crippen LogP contribution is -2.15. The van der Waals surface area contributed by atoms with E-state index >= 15 is 0 Å². The lowest BCUT2D eigenvalue weighted by Gasteiger charge is -2.19. The molecule has 0 fully saturated rings. The number of aryl methyl sites for hydroxylation is 1. The monoisotopic (exact) mass is 149 g/mol. The third kappa shape index (κ3) is 1.04. The average Bonchev–Trinajstić information content (AvgIpc) is 2.06. The van der Waals surface area contributed by atoms with E-state index in [9.17, 15) is 0 Å². The molecule has 0 aliphatic carbocycles. The number of ether oxygens (including phenoxy) is 2. The highest BCUT2D eigenvalue weighted by Crippen LogP contribution is 2.32. The third-order valence-corrected chi connectivity index (χ3v) is 1.68. The summed E-state index contributed by atoms with van der Waals surface area (Å²) in [5.74, 6) is 1.69. The molecule has 0 bridgehead atoms. The van der Waals surface area contributed by atoms with Gasteiger partial charge in [-0.2, -0.15) is 0 Å². The predicted molar refractivity (Wildman–Crippen MR) is 41.0 cm³/mol. The van der Waals surface area contributed by atoms with Gasteiger partial charge in [-0.05, 0) is 30.7 Å². The molecule has 0 saturated carbocycles. The maximum absolute atomic E-state index is 5.41. The van der Waals surface area contributed by atoms with Crippen LogP contribution in [-0.2, 0) is 0 Å². The zero-order valence-corrected chi connectivity index (χ0v) is 6.39. The standard InChI is InChI=1S/C9H9O2/c1-7-3-2-4-8-9(7)11-6-5-10-8/h3-4H,5-6H2,1H3. The van der Waals surface area contributed by atoms with Gasteiger partial charge in [-0.15, -0.1) is 0 Å². The summed E-state index contributed by atoms with van der Waals surface area (Å²) in [5.41, 5.74) is 1.09. The van der Waals surface area contributed by atoms with Gasteiger partial charge in [0.1, 0.15) is 13.2 Å². The number of hydrogen-bond donors (Lipinski definition) is 0. The highest BCUT2D eigenvalue weighted by Gasteiger charge is 2.12. The Bertz CT molecular complexity index is 268. The van der Waals surface area contributed by atoms with Crippen molar-refractivity contribution in [2.75, 3.05) is 13.2 Å². The summed E-state index contributed by atoms with van der Waals surface area (Å²) >= 11 is 0. The third-order valence-electron chi connectivity index (χ3n) is 1.68. The zero-order valence-electron chi connectivity index (χ0n) is 6.39. The van der Waals surface area contributed by atoms with Crippen LogP contribution in [0.15, 0.2) is 12.1 Å². The Hall–Kier alpha value is -1.18. The minimum Gasteiger partial charge on any atom is -0.486 e. The van der Waals surface area contributed by atoms with Crippen molar-refractivity contribution < 1.29 is 9.47 Å². The molecule has 2 rings (SSSR count). The Morgan fingerprint density at radius 2 is 2.09 bits per heavy atom. The fraction of sp³-hybridized carbons (Fsp3) is 0.333. The van der Waals surface area contributed by atoms with Crippen LogP contribution in [0, 0.1) is 13.0 Å². The van der Waals surface area contributed by atoms with Crippen LogP contribution in [0.2, 0.25) is 0 Å². The van der Waals surface area contributed by atoms with Crippen LogP contribution in [0.25, 0.3) is 0 Å². The van der Waals surface area contributed by atoms with Crippen molar-refractivity contribution in [2.24, 2.45) is 0 Å². The smallest absolute Gasteiger partial charge is 0.164 e. The minimum absolute atomic E-state index is 0.643. The van der Waals surface area contributed by atoms with E-state index in [4.69, 9.17) is 9.47 Å². The summed E-state index contributed by atoms with van der Waals surface area (Å²) in [6, 6.07) is 6.69. The second kappa shape index (κ2) is 2.46. The van der Waals surface area contributed by atoms with Crippen molar-refractivity contribution in [1.29, 1.82) is 0 Å². The predicted octanol–water partition coefficient (Wildman–Crippen LogP) is 1.57. The van der Waals surface area contributed by atoms with E-state index in [0.717, 1.165) is 17.1 Å². The SMILES string of the molecule is Cc1c[c]cc2c1OCCO2. The molecule has 1 radical (unpaired) electrons. The molecule has 1 aromatic carbocycles. The van der Waals surface area contributed by atoms with Gasteiger partial charge in [-0.3, -0.25) is 0 Å². The first-order valence-corrected chi connectivity index (χ1v) is 3.64. The summed E-state index contributed by atoms with van der Waals surface area (Å²) < 4.78 is 10.8. The van der Waals surface area contributed by atoms with E-state index in [-0.39, 0.29) is 0 Å². The molecule has 0 N–H and O–H groups in total. The Kier molecular flexibility index (Phi) is 1.46. The van der Waals surface area contributed by atoms with E-state index in [1.807, 2.05) is 19.1 Å². The van der Waals surface area contributed by atoms with Crippen LogP contribution in [0.5, 0.6) is 11.5 Å². The topological polar surface area (TPSA) is 18.5 Å². The van der Waals surface area contributed by atoms with Crippen LogP contribution in [0.1, 0.15) is 5.56 Å². The van der Waals surface area contributed by atoms with Gasteiger partial charge in [0.15, 0.2) is 11.5 Å². The Labute approximate surface area is 65.7 Å². The Morgan fingerprint density at radius 3 is 2.91 bits per heavy atom. The fourth-order valence-corrected chi connectivity index (χ4v) is 1.16. The van der Waals surface area contributed by atoms with E-state index < -0.39 is 0 Å². The molecule has 1 aromatic rings. The summed E-state index contributed by atoms with van der Waals surface area (Å²) in [7, 11) is 0. The first-order valence-electron chi connectivity index (χ1n) is 3.64. The molecule has 0 unspecified atom stereocenters. The molecule has 0 atom stereocenters. The second-order valence-corrected chi connectivity index (χ2v) is 2.53. The van der Waals surface area contributed by atoms with E-state index in [0.29, 0.717) is 13.2 Å². The highest BCUT2D eigenvalue weighted by atomic mass is 16.6. The maximum Gasteiger partial charge on any atom is 0.164 e. The number of rotatable bonds is 0. The molecular formula is C9H9O2. The lowest BCUT2D eigenvalue weighted by atomic mass is 10.2. The van der Waals surface area contributed by atoms with Gasteiger partial charge in [0, 0.05) is 0 Å².